The molecule has 1 nitrogen and oxygen atoms in total. The second-order valence-corrected chi connectivity index (χ2v) is 20.0. The summed E-state index contributed by atoms with van der Waals surface area (Å²) in [6, 6.07) is 78.5. The van der Waals surface area contributed by atoms with E-state index in [1.165, 1.54) is 89.0 Å². The second kappa shape index (κ2) is 15.5. The van der Waals surface area contributed by atoms with E-state index in [4.69, 9.17) is 0 Å². The van der Waals surface area contributed by atoms with Gasteiger partial charge < -0.3 is 4.90 Å². The van der Waals surface area contributed by atoms with Gasteiger partial charge in [-0.1, -0.05) is 211 Å². The predicted molar refractivity (Wildman–Crippen MR) is 277 cm³/mol. The fourth-order valence-electron chi connectivity index (χ4n) is 11.5. The van der Waals surface area contributed by atoms with E-state index < -0.39 is 0 Å². The fourth-order valence-corrected chi connectivity index (χ4v) is 11.5. The molecule has 11 rings (SSSR count). The summed E-state index contributed by atoms with van der Waals surface area (Å²) in [5.74, 6) is 0. The molecule has 2 aliphatic carbocycles. The first-order valence-electron chi connectivity index (χ1n) is 23.2. The topological polar surface area (TPSA) is 3.24 Å². The van der Waals surface area contributed by atoms with Gasteiger partial charge in [-0.3, -0.25) is 0 Å². The highest BCUT2D eigenvalue weighted by molar-refractivity contribution is 5.96. The van der Waals surface area contributed by atoms with Gasteiger partial charge in [0.1, 0.15) is 0 Å². The average molecular weight is 838 g/mol. The summed E-state index contributed by atoms with van der Waals surface area (Å²) in [4.78, 5) is 2.43. The number of hydrogen-bond donors (Lipinski definition) is 0. The highest BCUT2D eigenvalue weighted by Gasteiger charge is 2.46. The second-order valence-electron chi connectivity index (χ2n) is 20.0. The maximum Gasteiger partial charge on any atom is 0.0540 e. The molecule has 9 aromatic carbocycles. The van der Waals surface area contributed by atoms with Crippen molar-refractivity contribution in [2.24, 2.45) is 0 Å². The molecule has 0 aromatic heterocycles. The van der Waals surface area contributed by atoms with Crippen molar-refractivity contribution in [2.75, 3.05) is 4.90 Å². The molecule has 0 unspecified atom stereocenters. The van der Waals surface area contributed by atoms with Gasteiger partial charge >= 0.3 is 0 Å². The van der Waals surface area contributed by atoms with Crippen LogP contribution in [0.2, 0.25) is 0 Å². The van der Waals surface area contributed by atoms with E-state index in [0.29, 0.717) is 0 Å². The van der Waals surface area contributed by atoms with Crippen molar-refractivity contribution < 1.29 is 0 Å². The molecular weight excluding hydrogens is 783 g/mol. The summed E-state index contributed by atoms with van der Waals surface area (Å²) in [6.45, 7) is 14.6. The molecule has 0 saturated carbocycles. The van der Waals surface area contributed by atoms with E-state index in [1.807, 2.05) is 0 Å². The number of para-hydroxylation sites is 1. The van der Waals surface area contributed by atoms with Crippen molar-refractivity contribution in [1.82, 2.24) is 0 Å². The van der Waals surface area contributed by atoms with Crippen LogP contribution in [0.1, 0.15) is 70.2 Å². The molecule has 0 heterocycles. The molecule has 0 bridgehead atoms. The standard InChI is InChI=1S/C64H55N/c1-62(2)42-63(3,4)59-41-57-55(40-58(59)62)61-54(31-19-32-56(61)64(57,5)6)48-26-17-25-47(38-48)53-30-15-16-33-60(53)65(50-27-18-24-46(39-50)43-20-9-7-10-21-43)49-36-34-45(35-37-49)52-29-14-13-28-51(52)44-22-11-8-12-23-44/h7-41H,42H2,1-6H3. The lowest BCUT2D eigenvalue weighted by Crippen LogP contribution is -2.18. The Morgan fingerprint density at radius 3 is 1.51 bits per heavy atom. The molecule has 0 saturated heterocycles. The van der Waals surface area contributed by atoms with Crippen molar-refractivity contribution in [2.45, 2.75) is 64.2 Å². The molecule has 9 aromatic rings. The number of rotatable bonds is 8. The zero-order valence-electron chi connectivity index (χ0n) is 38.4. The third kappa shape index (κ3) is 6.93. The first-order valence-corrected chi connectivity index (χ1v) is 23.2. The van der Waals surface area contributed by atoms with Crippen LogP contribution in [0.5, 0.6) is 0 Å². The quantitative estimate of drug-likeness (QED) is 0.147. The summed E-state index contributed by atoms with van der Waals surface area (Å²) in [6.07, 6.45) is 1.16. The highest BCUT2D eigenvalue weighted by atomic mass is 15.1. The number of fused-ring (bicyclic) bond motifs is 4. The monoisotopic (exact) mass is 837 g/mol. The predicted octanol–water partition coefficient (Wildman–Crippen LogP) is 17.8. The van der Waals surface area contributed by atoms with Crippen LogP contribution in [0.3, 0.4) is 0 Å². The van der Waals surface area contributed by atoms with Gasteiger partial charge in [-0.25, -0.2) is 0 Å². The first-order chi connectivity index (χ1) is 31.5. The highest BCUT2D eigenvalue weighted by Crippen LogP contribution is 2.58. The van der Waals surface area contributed by atoms with E-state index in [2.05, 4.69) is 259 Å². The van der Waals surface area contributed by atoms with E-state index in [-0.39, 0.29) is 16.2 Å². The van der Waals surface area contributed by atoms with Crippen molar-refractivity contribution in [3.63, 3.8) is 0 Å². The van der Waals surface area contributed by atoms with Crippen LogP contribution in [-0.2, 0) is 16.2 Å². The van der Waals surface area contributed by atoms with Gasteiger partial charge in [0.25, 0.3) is 0 Å². The Bertz CT molecular complexity index is 3240. The Labute approximate surface area is 385 Å². The van der Waals surface area contributed by atoms with Crippen LogP contribution < -0.4 is 4.90 Å². The van der Waals surface area contributed by atoms with Gasteiger partial charge in [-0.05, 0) is 143 Å². The normalized spacial score (nSPS) is 14.9. The minimum absolute atomic E-state index is 0.101. The minimum Gasteiger partial charge on any atom is -0.310 e. The summed E-state index contributed by atoms with van der Waals surface area (Å²) >= 11 is 0. The van der Waals surface area contributed by atoms with Gasteiger partial charge in [0.15, 0.2) is 0 Å². The summed E-state index contributed by atoms with van der Waals surface area (Å²) in [5.41, 5.74) is 24.3. The summed E-state index contributed by atoms with van der Waals surface area (Å²) < 4.78 is 0. The third-order valence-electron chi connectivity index (χ3n) is 14.5. The number of benzene rings is 9. The molecular formula is C64H55N. The van der Waals surface area contributed by atoms with Crippen molar-refractivity contribution in [1.29, 1.82) is 0 Å². The lowest BCUT2D eigenvalue weighted by Gasteiger charge is -2.28. The molecule has 0 amide bonds. The van der Waals surface area contributed by atoms with Crippen LogP contribution in [0.25, 0.3) is 66.8 Å². The van der Waals surface area contributed by atoms with Crippen molar-refractivity contribution in [3.05, 3.63) is 235 Å². The van der Waals surface area contributed by atoms with Crippen LogP contribution in [-0.4, -0.2) is 0 Å². The van der Waals surface area contributed by atoms with Gasteiger partial charge in [-0.15, -0.1) is 0 Å². The lowest BCUT2D eigenvalue weighted by molar-refractivity contribution is 0.403. The Balaban J connectivity index is 1.04. The van der Waals surface area contributed by atoms with Gasteiger partial charge in [0.05, 0.1) is 5.69 Å². The fraction of sp³-hybridized carbons (Fsp3) is 0.156. The van der Waals surface area contributed by atoms with Crippen LogP contribution >= 0.6 is 0 Å². The molecule has 0 aliphatic heterocycles. The van der Waals surface area contributed by atoms with E-state index in [9.17, 15) is 0 Å². The maximum atomic E-state index is 2.58. The van der Waals surface area contributed by atoms with E-state index in [1.54, 1.807) is 0 Å². The van der Waals surface area contributed by atoms with Crippen LogP contribution in [0.4, 0.5) is 17.1 Å². The molecule has 0 N–H and O–H groups in total. The first kappa shape index (κ1) is 40.5. The number of hydrogen-bond acceptors (Lipinski definition) is 1. The summed E-state index contributed by atoms with van der Waals surface area (Å²) in [5, 5.41) is 0. The van der Waals surface area contributed by atoms with Gasteiger partial charge in [0, 0.05) is 22.4 Å². The maximum absolute atomic E-state index is 2.58. The average Bonchev–Trinajstić information content (AvgIpc) is 3.68. The number of anilines is 3. The lowest BCUT2D eigenvalue weighted by atomic mass is 9.79. The summed E-state index contributed by atoms with van der Waals surface area (Å²) in [7, 11) is 0. The van der Waals surface area contributed by atoms with Crippen molar-refractivity contribution >= 4 is 17.1 Å². The molecule has 0 spiro atoms. The number of nitrogens with zero attached hydrogens (tertiary/aromatic N) is 1. The SMILES string of the molecule is CC1(C)CC(C)(C)c2cc3c(cc21)-c1c(-c2cccc(-c4ccccc4N(c4ccc(-c5ccccc5-c5ccccc5)cc4)c4cccc(-c5ccccc5)c4)c2)cccc1C3(C)C. The smallest absolute Gasteiger partial charge is 0.0540 e. The molecule has 0 radical (unpaired) electrons. The van der Waals surface area contributed by atoms with Gasteiger partial charge in [-0.2, -0.15) is 0 Å². The zero-order valence-corrected chi connectivity index (χ0v) is 38.4. The Hall–Kier alpha value is -7.22. The molecule has 316 valence electrons. The van der Waals surface area contributed by atoms with Crippen molar-refractivity contribution in [3.8, 4) is 66.8 Å². The van der Waals surface area contributed by atoms with Crippen LogP contribution in [0, 0.1) is 0 Å². The van der Waals surface area contributed by atoms with Crippen LogP contribution in [0.15, 0.2) is 212 Å². The largest absolute Gasteiger partial charge is 0.310 e. The molecule has 0 atom stereocenters. The van der Waals surface area contributed by atoms with E-state index >= 15 is 0 Å². The Morgan fingerprint density at radius 1 is 0.308 bits per heavy atom. The zero-order chi connectivity index (χ0) is 44.5. The Morgan fingerprint density at radius 2 is 0.815 bits per heavy atom. The molecule has 2 aliphatic rings. The minimum atomic E-state index is -0.101. The molecule has 0 fully saturated rings. The van der Waals surface area contributed by atoms with Gasteiger partial charge in [0.2, 0.25) is 0 Å². The molecule has 65 heavy (non-hydrogen) atoms. The third-order valence-corrected chi connectivity index (χ3v) is 14.5. The molecule has 1 heteroatoms. The van der Waals surface area contributed by atoms with E-state index in [0.717, 1.165) is 23.5 Å². The Kier molecular flexibility index (Phi) is 9.67.